The van der Waals surface area contributed by atoms with Crippen molar-refractivity contribution < 1.29 is 0 Å². The molecule has 0 spiro atoms. The summed E-state index contributed by atoms with van der Waals surface area (Å²) in [6, 6.07) is 4.01. The molecule has 1 aromatic heterocycles. The van der Waals surface area contributed by atoms with Crippen LogP contribution in [0.15, 0.2) is 41.7 Å². The van der Waals surface area contributed by atoms with E-state index in [1.54, 1.807) is 0 Å². The molecule has 0 saturated heterocycles. The van der Waals surface area contributed by atoms with E-state index in [9.17, 15) is 0 Å². The van der Waals surface area contributed by atoms with E-state index in [2.05, 4.69) is 22.6 Å². The third kappa shape index (κ3) is 0.909. The summed E-state index contributed by atoms with van der Waals surface area (Å²) < 4.78 is 2.08. The van der Waals surface area contributed by atoms with Crippen molar-refractivity contribution in [1.29, 1.82) is 0 Å². The van der Waals surface area contributed by atoms with Crippen molar-refractivity contribution >= 4 is 6.21 Å². The fourth-order valence-electron chi connectivity index (χ4n) is 1.25. The molecule has 1 aliphatic heterocycles. The molecule has 2 heteroatoms. The number of allylic oxidation sites excluding steroid dienone is 1. The summed E-state index contributed by atoms with van der Waals surface area (Å²) in [5.41, 5.74) is -0.177. The maximum atomic E-state index is 4.34. The second kappa shape index (κ2) is 2.09. The molecule has 0 radical (unpaired) electrons. The van der Waals surface area contributed by atoms with Crippen LogP contribution in [0.25, 0.3) is 0 Å². The second-order valence-electron chi connectivity index (χ2n) is 2.82. The lowest BCUT2D eigenvalue weighted by Gasteiger charge is -2.20. The molecule has 56 valence electrons. The third-order valence-corrected chi connectivity index (χ3v) is 1.96. The topological polar surface area (TPSA) is 17.3 Å². The highest BCUT2D eigenvalue weighted by molar-refractivity contribution is 5.74. The maximum Gasteiger partial charge on any atom is 0.151 e. The molecular formula is C9H10N2. The zero-order valence-corrected chi connectivity index (χ0v) is 6.44. The van der Waals surface area contributed by atoms with Gasteiger partial charge in [0.1, 0.15) is 0 Å². The summed E-state index contributed by atoms with van der Waals surface area (Å²) in [7, 11) is 0. The Bertz CT molecular complexity index is 281. The first-order valence-electron chi connectivity index (χ1n) is 3.68. The molecule has 1 unspecified atom stereocenters. The molecule has 0 aromatic carbocycles. The molecule has 0 fully saturated rings. The van der Waals surface area contributed by atoms with Crippen LogP contribution in [0, 0.1) is 0 Å². The van der Waals surface area contributed by atoms with Crippen LogP contribution in [0.3, 0.4) is 0 Å². The second-order valence-corrected chi connectivity index (χ2v) is 2.82. The van der Waals surface area contributed by atoms with Gasteiger partial charge in [0.05, 0.1) is 0 Å². The number of hydrogen-bond acceptors (Lipinski definition) is 1. The van der Waals surface area contributed by atoms with Crippen molar-refractivity contribution in [2.45, 2.75) is 12.6 Å². The molecule has 1 aromatic rings. The fraction of sp³-hybridized carbons (Fsp3) is 0.222. The minimum absolute atomic E-state index is 0.177. The summed E-state index contributed by atoms with van der Waals surface area (Å²) >= 11 is 0. The largest absolute Gasteiger partial charge is 0.326 e. The van der Waals surface area contributed by atoms with Gasteiger partial charge in [-0.25, -0.2) is 0 Å². The quantitative estimate of drug-likeness (QED) is 0.575. The van der Waals surface area contributed by atoms with Crippen molar-refractivity contribution in [3.8, 4) is 0 Å². The van der Waals surface area contributed by atoms with Crippen LogP contribution in [0.5, 0.6) is 0 Å². The summed E-state index contributed by atoms with van der Waals surface area (Å²) in [6.45, 7) is 2.08. The number of nitrogens with zero attached hydrogens (tertiary/aromatic N) is 2. The zero-order chi connectivity index (χ0) is 7.73. The third-order valence-electron chi connectivity index (χ3n) is 1.96. The number of aromatic nitrogens is 1. The molecule has 0 aliphatic carbocycles. The highest BCUT2D eigenvalue weighted by atomic mass is 15.2. The van der Waals surface area contributed by atoms with Crippen LogP contribution in [-0.2, 0) is 5.66 Å². The predicted molar refractivity (Wildman–Crippen MR) is 45.7 cm³/mol. The normalized spacial score (nSPS) is 28.1. The van der Waals surface area contributed by atoms with Gasteiger partial charge in [-0.2, -0.15) is 0 Å². The number of hydrogen-bond donors (Lipinski definition) is 0. The van der Waals surface area contributed by atoms with Gasteiger partial charge in [0.25, 0.3) is 0 Å². The van der Waals surface area contributed by atoms with E-state index in [-0.39, 0.29) is 5.66 Å². The van der Waals surface area contributed by atoms with Crippen molar-refractivity contribution in [1.82, 2.24) is 4.57 Å². The highest BCUT2D eigenvalue weighted by Crippen LogP contribution is 2.22. The van der Waals surface area contributed by atoms with E-state index < -0.39 is 0 Å². The molecule has 2 heterocycles. The molecule has 0 amide bonds. The molecule has 11 heavy (non-hydrogen) atoms. The van der Waals surface area contributed by atoms with Crippen molar-refractivity contribution in [3.05, 3.63) is 36.7 Å². The van der Waals surface area contributed by atoms with Crippen LogP contribution in [-0.4, -0.2) is 10.8 Å². The molecule has 0 bridgehead atoms. The molecule has 2 nitrogen and oxygen atoms in total. The Kier molecular flexibility index (Phi) is 1.22. The van der Waals surface area contributed by atoms with E-state index in [4.69, 9.17) is 0 Å². The Morgan fingerprint density at radius 2 is 2.00 bits per heavy atom. The average Bonchev–Trinajstić information content (AvgIpc) is 2.55. The lowest BCUT2D eigenvalue weighted by Crippen LogP contribution is -2.21. The highest BCUT2D eigenvalue weighted by Gasteiger charge is 2.21. The van der Waals surface area contributed by atoms with E-state index >= 15 is 0 Å². The Labute approximate surface area is 65.9 Å². The SMILES string of the molecule is CC1(n2cccc2)C=CC=N1. The van der Waals surface area contributed by atoms with Gasteiger partial charge < -0.3 is 4.57 Å². The molecule has 1 aliphatic rings. The lowest BCUT2D eigenvalue weighted by molar-refractivity contribution is 0.441. The molecular weight excluding hydrogens is 136 g/mol. The van der Waals surface area contributed by atoms with Crippen LogP contribution in [0.4, 0.5) is 0 Å². The summed E-state index contributed by atoms with van der Waals surface area (Å²) in [6.07, 6.45) is 9.92. The van der Waals surface area contributed by atoms with E-state index in [1.165, 1.54) is 0 Å². The monoisotopic (exact) mass is 146 g/mol. The zero-order valence-electron chi connectivity index (χ0n) is 6.44. The Balaban J connectivity index is 2.43. The summed E-state index contributed by atoms with van der Waals surface area (Å²) in [4.78, 5) is 4.34. The molecule has 0 N–H and O–H groups in total. The summed E-state index contributed by atoms with van der Waals surface area (Å²) in [5.74, 6) is 0. The van der Waals surface area contributed by atoms with Crippen LogP contribution in [0.1, 0.15) is 6.92 Å². The van der Waals surface area contributed by atoms with Gasteiger partial charge in [-0.3, -0.25) is 4.99 Å². The molecule has 0 saturated carbocycles. The van der Waals surface area contributed by atoms with Gasteiger partial charge in [0, 0.05) is 18.6 Å². The minimum Gasteiger partial charge on any atom is -0.326 e. The molecule has 1 atom stereocenters. The predicted octanol–water partition coefficient (Wildman–Crippen LogP) is 1.80. The number of aliphatic imine (C=N–C) groups is 1. The Hall–Kier alpha value is -1.31. The maximum absolute atomic E-state index is 4.34. The smallest absolute Gasteiger partial charge is 0.151 e. The first-order chi connectivity index (χ1) is 5.31. The lowest BCUT2D eigenvalue weighted by atomic mass is 10.2. The Morgan fingerprint density at radius 1 is 1.27 bits per heavy atom. The first kappa shape index (κ1) is 6.40. The van der Waals surface area contributed by atoms with Gasteiger partial charge in [-0.15, -0.1) is 0 Å². The first-order valence-corrected chi connectivity index (χ1v) is 3.68. The van der Waals surface area contributed by atoms with Crippen LogP contribution < -0.4 is 0 Å². The standard InChI is InChI=1S/C9H10N2/c1-9(5-4-6-10-9)11-7-2-3-8-11/h2-8H,1H3. The fourth-order valence-corrected chi connectivity index (χ4v) is 1.25. The van der Waals surface area contributed by atoms with Crippen molar-refractivity contribution in [2.24, 2.45) is 4.99 Å². The molecule has 2 rings (SSSR count). The average molecular weight is 146 g/mol. The van der Waals surface area contributed by atoms with Gasteiger partial charge in [-0.05, 0) is 31.2 Å². The summed E-state index contributed by atoms with van der Waals surface area (Å²) in [5, 5.41) is 0. The van der Waals surface area contributed by atoms with Crippen LogP contribution in [0.2, 0.25) is 0 Å². The van der Waals surface area contributed by atoms with E-state index in [0.717, 1.165) is 0 Å². The number of rotatable bonds is 1. The van der Waals surface area contributed by atoms with E-state index in [0.29, 0.717) is 0 Å². The minimum atomic E-state index is -0.177. The van der Waals surface area contributed by atoms with Gasteiger partial charge in [0.15, 0.2) is 5.66 Å². The van der Waals surface area contributed by atoms with Crippen LogP contribution >= 0.6 is 0 Å². The van der Waals surface area contributed by atoms with Crippen molar-refractivity contribution in [3.63, 3.8) is 0 Å². The van der Waals surface area contributed by atoms with Gasteiger partial charge >= 0.3 is 0 Å². The van der Waals surface area contributed by atoms with Crippen molar-refractivity contribution in [2.75, 3.05) is 0 Å². The van der Waals surface area contributed by atoms with Gasteiger partial charge in [-0.1, -0.05) is 0 Å². The Morgan fingerprint density at radius 3 is 2.55 bits per heavy atom. The van der Waals surface area contributed by atoms with E-state index in [1.807, 2.05) is 36.8 Å². The van der Waals surface area contributed by atoms with Gasteiger partial charge in [0.2, 0.25) is 0 Å².